The first-order chi connectivity index (χ1) is 11.1. The quantitative estimate of drug-likeness (QED) is 0.832. The second-order valence-electron chi connectivity index (χ2n) is 6.55. The number of hydrogen-bond acceptors (Lipinski definition) is 3. The number of hydrogen-bond donors (Lipinski definition) is 0. The number of amides is 2. The highest BCUT2D eigenvalue weighted by molar-refractivity contribution is 6.00. The van der Waals surface area contributed by atoms with Crippen molar-refractivity contribution in [2.75, 3.05) is 24.7 Å². The number of anilines is 1. The monoisotopic (exact) mass is 318 g/mol. The first-order valence-corrected chi connectivity index (χ1v) is 8.09. The summed E-state index contributed by atoms with van der Waals surface area (Å²) in [4.78, 5) is 28.7. The zero-order chi connectivity index (χ0) is 16.0. The molecule has 0 aliphatic carbocycles. The Morgan fingerprint density at radius 1 is 1.13 bits per heavy atom. The molecule has 1 aromatic carbocycles. The molecule has 2 amide bonds. The largest absolute Gasteiger partial charge is 0.377 e. The van der Waals surface area contributed by atoms with Gasteiger partial charge < -0.3 is 14.5 Å². The number of fused-ring (bicyclic) bond motifs is 2. The van der Waals surface area contributed by atoms with Crippen molar-refractivity contribution in [3.63, 3.8) is 0 Å². The highest BCUT2D eigenvalue weighted by Gasteiger charge is 2.45. The lowest BCUT2D eigenvalue weighted by Gasteiger charge is -2.36. The lowest BCUT2D eigenvalue weighted by atomic mass is 10.1. The SMILES string of the molecule is O=C1C[C@@H](C(=O)N2[C@@H]3CC[C@@H]2COC3)CN1c1ccc(F)cc1. The van der Waals surface area contributed by atoms with Gasteiger partial charge in [-0.25, -0.2) is 4.39 Å². The van der Waals surface area contributed by atoms with E-state index in [9.17, 15) is 14.0 Å². The van der Waals surface area contributed by atoms with Crippen LogP contribution in [0.25, 0.3) is 0 Å². The fourth-order valence-corrected chi connectivity index (χ4v) is 3.94. The highest BCUT2D eigenvalue weighted by atomic mass is 19.1. The fraction of sp³-hybridized carbons (Fsp3) is 0.529. The molecule has 3 aliphatic heterocycles. The third-order valence-electron chi connectivity index (χ3n) is 5.11. The molecular formula is C17H19FN2O3. The first kappa shape index (κ1) is 14.6. The van der Waals surface area contributed by atoms with Crippen molar-refractivity contribution in [1.29, 1.82) is 0 Å². The van der Waals surface area contributed by atoms with Crippen LogP contribution in [0.4, 0.5) is 10.1 Å². The molecule has 1 aromatic rings. The number of benzene rings is 1. The van der Waals surface area contributed by atoms with E-state index in [1.165, 1.54) is 12.1 Å². The molecule has 6 heteroatoms. The number of nitrogens with zero attached hydrogens (tertiary/aromatic N) is 2. The average molecular weight is 318 g/mol. The Balaban J connectivity index is 1.50. The van der Waals surface area contributed by atoms with E-state index in [4.69, 9.17) is 4.74 Å². The molecule has 2 bridgehead atoms. The predicted molar refractivity (Wildman–Crippen MR) is 81.3 cm³/mol. The Morgan fingerprint density at radius 3 is 2.43 bits per heavy atom. The van der Waals surface area contributed by atoms with Crippen molar-refractivity contribution in [2.45, 2.75) is 31.3 Å². The van der Waals surface area contributed by atoms with Gasteiger partial charge in [-0.05, 0) is 37.1 Å². The molecule has 0 spiro atoms. The molecule has 4 rings (SSSR count). The molecule has 0 unspecified atom stereocenters. The summed E-state index contributed by atoms with van der Waals surface area (Å²) < 4.78 is 18.6. The van der Waals surface area contributed by atoms with Gasteiger partial charge in [0.25, 0.3) is 0 Å². The van der Waals surface area contributed by atoms with Crippen LogP contribution in [0.3, 0.4) is 0 Å². The van der Waals surface area contributed by atoms with E-state index in [0.717, 1.165) is 12.8 Å². The maximum Gasteiger partial charge on any atom is 0.228 e. The van der Waals surface area contributed by atoms with E-state index in [-0.39, 0.29) is 42.1 Å². The van der Waals surface area contributed by atoms with Crippen LogP contribution in [-0.4, -0.2) is 48.6 Å². The van der Waals surface area contributed by atoms with E-state index in [1.54, 1.807) is 17.0 Å². The lowest BCUT2D eigenvalue weighted by molar-refractivity contribution is -0.145. The first-order valence-electron chi connectivity index (χ1n) is 8.09. The van der Waals surface area contributed by atoms with Crippen LogP contribution in [0.5, 0.6) is 0 Å². The summed E-state index contributed by atoms with van der Waals surface area (Å²) in [6.07, 6.45) is 2.20. The molecule has 0 radical (unpaired) electrons. The van der Waals surface area contributed by atoms with E-state index >= 15 is 0 Å². The maximum atomic E-state index is 13.0. The molecular weight excluding hydrogens is 299 g/mol. The van der Waals surface area contributed by atoms with Gasteiger partial charge in [-0.1, -0.05) is 0 Å². The van der Waals surface area contributed by atoms with Gasteiger partial charge in [0, 0.05) is 18.7 Å². The number of halogens is 1. The van der Waals surface area contributed by atoms with Crippen molar-refractivity contribution in [1.82, 2.24) is 4.90 Å². The van der Waals surface area contributed by atoms with Crippen molar-refractivity contribution >= 4 is 17.5 Å². The minimum Gasteiger partial charge on any atom is -0.377 e. The van der Waals surface area contributed by atoms with Gasteiger partial charge in [0.15, 0.2) is 0 Å². The third-order valence-corrected chi connectivity index (χ3v) is 5.11. The molecule has 3 saturated heterocycles. The van der Waals surface area contributed by atoms with Gasteiger partial charge in [0.05, 0.1) is 31.2 Å². The number of ether oxygens (including phenoxy) is 1. The summed E-state index contributed by atoms with van der Waals surface area (Å²) in [5.41, 5.74) is 0.650. The number of carbonyl (C=O) groups is 2. The van der Waals surface area contributed by atoms with Crippen LogP contribution in [0.15, 0.2) is 24.3 Å². The highest BCUT2D eigenvalue weighted by Crippen LogP contribution is 2.33. The zero-order valence-corrected chi connectivity index (χ0v) is 12.8. The molecule has 23 heavy (non-hydrogen) atoms. The molecule has 0 N–H and O–H groups in total. The van der Waals surface area contributed by atoms with Crippen LogP contribution in [0.1, 0.15) is 19.3 Å². The lowest BCUT2D eigenvalue weighted by Crippen LogP contribution is -2.51. The fourth-order valence-electron chi connectivity index (χ4n) is 3.94. The molecule has 122 valence electrons. The minimum absolute atomic E-state index is 0.0683. The van der Waals surface area contributed by atoms with Crippen molar-refractivity contribution in [2.24, 2.45) is 5.92 Å². The van der Waals surface area contributed by atoms with Crippen molar-refractivity contribution in [3.05, 3.63) is 30.1 Å². The average Bonchev–Trinajstić information content (AvgIpc) is 3.05. The normalized spacial score (nSPS) is 30.1. The van der Waals surface area contributed by atoms with E-state index < -0.39 is 0 Å². The molecule has 3 heterocycles. The zero-order valence-electron chi connectivity index (χ0n) is 12.8. The Kier molecular flexibility index (Phi) is 3.56. The molecule has 0 saturated carbocycles. The Hall–Kier alpha value is -1.95. The third kappa shape index (κ3) is 2.51. The standard InChI is InChI=1S/C17H19FN2O3/c18-12-1-3-13(4-2-12)19-8-11(7-16(19)21)17(22)20-14-5-6-15(20)10-23-9-14/h1-4,11,14-15H,5-10H2/t11-,14-,15-/m1/s1. The Morgan fingerprint density at radius 2 is 1.78 bits per heavy atom. The van der Waals surface area contributed by atoms with Crippen LogP contribution in [-0.2, 0) is 14.3 Å². The summed E-state index contributed by atoms with van der Waals surface area (Å²) in [5, 5.41) is 0. The Bertz CT molecular complexity index is 617. The van der Waals surface area contributed by atoms with Crippen molar-refractivity contribution in [3.8, 4) is 0 Å². The van der Waals surface area contributed by atoms with Gasteiger partial charge in [-0.15, -0.1) is 0 Å². The minimum atomic E-state index is -0.335. The molecule has 5 nitrogen and oxygen atoms in total. The number of morpholine rings is 1. The molecule has 3 aliphatic rings. The van der Waals surface area contributed by atoms with Gasteiger partial charge in [0.2, 0.25) is 11.8 Å². The van der Waals surface area contributed by atoms with Crippen molar-refractivity contribution < 1.29 is 18.7 Å². The summed E-state index contributed by atoms with van der Waals surface area (Å²) in [7, 11) is 0. The second-order valence-corrected chi connectivity index (χ2v) is 6.55. The summed E-state index contributed by atoms with van der Waals surface area (Å²) in [6.45, 7) is 1.58. The van der Waals surface area contributed by atoms with Gasteiger partial charge in [-0.3, -0.25) is 9.59 Å². The second kappa shape index (κ2) is 5.60. The summed E-state index contributed by atoms with van der Waals surface area (Å²) in [5.74, 6) is -0.652. The summed E-state index contributed by atoms with van der Waals surface area (Å²) >= 11 is 0. The topological polar surface area (TPSA) is 49.9 Å². The van der Waals surface area contributed by atoms with Crippen LogP contribution < -0.4 is 4.90 Å². The number of rotatable bonds is 2. The van der Waals surface area contributed by atoms with Crippen LogP contribution in [0, 0.1) is 11.7 Å². The van der Waals surface area contributed by atoms with E-state index in [2.05, 4.69) is 0 Å². The molecule has 3 atom stereocenters. The smallest absolute Gasteiger partial charge is 0.228 e. The van der Waals surface area contributed by atoms with Gasteiger partial charge >= 0.3 is 0 Å². The predicted octanol–water partition coefficient (Wildman–Crippen LogP) is 1.57. The molecule has 3 fully saturated rings. The maximum absolute atomic E-state index is 13.0. The summed E-state index contributed by atoms with van der Waals surface area (Å²) in [6, 6.07) is 6.16. The number of carbonyl (C=O) groups excluding carboxylic acids is 2. The van der Waals surface area contributed by atoms with Crippen LogP contribution >= 0.6 is 0 Å². The van der Waals surface area contributed by atoms with E-state index in [1.807, 2.05) is 4.90 Å². The van der Waals surface area contributed by atoms with Gasteiger partial charge in [-0.2, -0.15) is 0 Å². The molecule has 0 aromatic heterocycles. The van der Waals surface area contributed by atoms with Crippen LogP contribution in [0.2, 0.25) is 0 Å². The van der Waals surface area contributed by atoms with Gasteiger partial charge in [0.1, 0.15) is 5.82 Å². The Labute approximate surface area is 134 Å². The van der Waals surface area contributed by atoms with E-state index in [0.29, 0.717) is 25.4 Å².